The van der Waals surface area contributed by atoms with Crippen LogP contribution in [0.2, 0.25) is 0 Å². The van der Waals surface area contributed by atoms with Gasteiger partial charge >= 0.3 is 0 Å². The molecule has 0 saturated heterocycles. The molecule has 0 saturated carbocycles. The van der Waals surface area contributed by atoms with Gasteiger partial charge in [0.05, 0.1) is 0 Å². The molecule has 1 N–H and O–H groups in total. The summed E-state index contributed by atoms with van der Waals surface area (Å²) in [5.41, 5.74) is -1.25. The normalized spacial score (nSPS) is 11.2. The molecule has 2 aromatic carbocycles. The average molecular weight is 287 g/mol. The first-order valence-electron chi connectivity index (χ1n) is 5.27. The molecular formula is C13H6F5NO. The van der Waals surface area contributed by atoms with Gasteiger partial charge in [-0.3, -0.25) is 0 Å². The van der Waals surface area contributed by atoms with Gasteiger partial charge in [-0.25, -0.2) is 26.9 Å². The van der Waals surface area contributed by atoms with Crippen molar-refractivity contribution in [3.05, 3.63) is 58.9 Å². The Morgan fingerprint density at radius 3 is 1.85 bits per heavy atom. The molecule has 0 amide bonds. The number of halogens is 5. The highest BCUT2D eigenvalue weighted by molar-refractivity contribution is 5.85. The van der Waals surface area contributed by atoms with Crippen LogP contribution >= 0.6 is 0 Å². The summed E-state index contributed by atoms with van der Waals surface area (Å²) in [6.07, 6.45) is 0.799. The number of aliphatic imine (C=N–C) groups is 1. The molecule has 0 radical (unpaired) electrons. The predicted molar refractivity (Wildman–Crippen MR) is 61.6 cm³/mol. The second-order valence-corrected chi connectivity index (χ2v) is 3.74. The zero-order valence-electron chi connectivity index (χ0n) is 9.67. The van der Waals surface area contributed by atoms with E-state index in [0.29, 0.717) is 0 Å². The lowest BCUT2D eigenvalue weighted by atomic mass is 10.2. The summed E-state index contributed by atoms with van der Waals surface area (Å²) in [7, 11) is 0. The van der Waals surface area contributed by atoms with Crippen LogP contribution < -0.4 is 0 Å². The number of rotatable bonds is 2. The van der Waals surface area contributed by atoms with E-state index in [1.165, 1.54) is 24.3 Å². The van der Waals surface area contributed by atoms with Crippen LogP contribution in [-0.4, -0.2) is 11.3 Å². The zero-order valence-corrected chi connectivity index (χ0v) is 9.67. The van der Waals surface area contributed by atoms with Gasteiger partial charge in [-0.05, 0) is 12.1 Å². The number of phenols is 1. The SMILES string of the molecule is Oc1ccccc1C=Nc1c(F)c(F)c(F)c(F)c1F. The van der Waals surface area contributed by atoms with Crippen LogP contribution in [0.3, 0.4) is 0 Å². The van der Waals surface area contributed by atoms with E-state index in [0.717, 1.165) is 6.21 Å². The van der Waals surface area contributed by atoms with E-state index < -0.39 is 34.8 Å². The summed E-state index contributed by atoms with van der Waals surface area (Å²) in [6, 6.07) is 5.62. The molecule has 0 aliphatic heterocycles. The standard InChI is InChI=1S/C13H6F5NO/c14-8-9(15)11(17)13(12(18)10(8)16)19-5-6-3-1-2-4-7(6)20/h1-5,20H. The molecule has 20 heavy (non-hydrogen) atoms. The molecule has 0 aromatic heterocycles. The summed E-state index contributed by atoms with van der Waals surface area (Å²) in [4.78, 5) is 3.22. The molecule has 0 atom stereocenters. The molecule has 2 nitrogen and oxygen atoms in total. The number of para-hydroxylation sites is 1. The minimum Gasteiger partial charge on any atom is -0.507 e. The van der Waals surface area contributed by atoms with E-state index in [2.05, 4.69) is 4.99 Å². The van der Waals surface area contributed by atoms with E-state index in [4.69, 9.17) is 0 Å². The van der Waals surface area contributed by atoms with Crippen LogP contribution in [0.4, 0.5) is 27.6 Å². The maximum atomic E-state index is 13.3. The number of aromatic hydroxyl groups is 1. The second kappa shape index (κ2) is 5.28. The van der Waals surface area contributed by atoms with Gasteiger partial charge in [0.2, 0.25) is 5.82 Å². The van der Waals surface area contributed by atoms with Gasteiger partial charge in [0.25, 0.3) is 0 Å². The molecule has 7 heteroatoms. The molecule has 104 valence electrons. The lowest BCUT2D eigenvalue weighted by Gasteiger charge is -2.04. The maximum Gasteiger partial charge on any atom is 0.200 e. The number of hydrogen-bond acceptors (Lipinski definition) is 2. The van der Waals surface area contributed by atoms with Gasteiger partial charge in [0, 0.05) is 11.8 Å². The quantitative estimate of drug-likeness (QED) is 0.387. The van der Waals surface area contributed by atoms with Gasteiger partial charge in [-0.15, -0.1) is 0 Å². The van der Waals surface area contributed by atoms with Crippen molar-refractivity contribution in [1.29, 1.82) is 0 Å². The largest absolute Gasteiger partial charge is 0.507 e. The minimum atomic E-state index is -2.25. The maximum absolute atomic E-state index is 13.3. The van der Waals surface area contributed by atoms with Crippen molar-refractivity contribution in [3.63, 3.8) is 0 Å². The Balaban J connectivity index is 2.53. The van der Waals surface area contributed by atoms with Crippen molar-refractivity contribution >= 4 is 11.9 Å². The van der Waals surface area contributed by atoms with Crippen LogP contribution in [0.5, 0.6) is 5.75 Å². The number of phenolic OH excluding ortho intramolecular Hbond substituents is 1. The van der Waals surface area contributed by atoms with Crippen molar-refractivity contribution < 1.29 is 27.1 Å². The Bertz CT molecular complexity index is 670. The number of benzene rings is 2. The molecule has 2 rings (SSSR count). The lowest BCUT2D eigenvalue weighted by Crippen LogP contribution is -2.00. The van der Waals surface area contributed by atoms with Gasteiger partial charge in [0.15, 0.2) is 23.3 Å². The Morgan fingerprint density at radius 2 is 1.30 bits per heavy atom. The molecule has 0 unspecified atom stereocenters. The molecule has 0 aliphatic rings. The van der Waals surface area contributed by atoms with E-state index >= 15 is 0 Å². The van der Waals surface area contributed by atoms with Crippen LogP contribution in [0.25, 0.3) is 0 Å². The number of nitrogens with zero attached hydrogens (tertiary/aromatic N) is 1. The fourth-order valence-electron chi connectivity index (χ4n) is 1.44. The highest BCUT2D eigenvalue weighted by Gasteiger charge is 2.25. The predicted octanol–water partition coefficient (Wildman–Crippen LogP) is 3.84. The molecule has 0 aliphatic carbocycles. The van der Waals surface area contributed by atoms with Gasteiger partial charge < -0.3 is 5.11 Å². The van der Waals surface area contributed by atoms with Gasteiger partial charge in [-0.2, -0.15) is 0 Å². The zero-order chi connectivity index (χ0) is 14.9. The van der Waals surface area contributed by atoms with Crippen LogP contribution in [-0.2, 0) is 0 Å². The third kappa shape index (κ3) is 2.34. The van der Waals surface area contributed by atoms with Crippen molar-refractivity contribution in [1.82, 2.24) is 0 Å². The van der Waals surface area contributed by atoms with Crippen molar-refractivity contribution in [2.45, 2.75) is 0 Å². The summed E-state index contributed by atoms with van der Waals surface area (Å²) in [5.74, 6) is -10.7. The van der Waals surface area contributed by atoms with Crippen LogP contribution in [0, 0.1) is 29.1 Å². The molecule has 0 heterocycles. The highest BCUT2D eigenvalue weighted by Crippen LogP contribution is 2.29. The van der Waals surface area contributed by atoms with E-state index in [1.54, 1.807) is 0 Å². The van der Waals surface area contributed by atoms with Crippen molar-refractivity contribution in [2.24, 2.45) is 4.99 Å². The smallest absolute Gasteiger partial charge is 0.200 e. The molecule has 0 spiro atoms. The van der Waals surface area contributed by atoms with Gasteiger partial charge in [0.1, 0.15) is 11.4 Å². The van der Waals surface area contributed by atoms with Crippen LogP contribution in [0.1, 0.15) is 5.56 Å². The first-order chi connectivity index (χ1) is 9.43. The Kier molecular flexibility index (Phi) is 3.69. The minimum absolute atomic E-state index is 0.0661. The fraction of sp³-hybridized carbons (Fsp3) is 0. The monoisotopic (exact) mass is 287 g/mol. The Hall–Kier alpha value is -2.44. The molecule has 2 aromatic rings. The second-order valence-electron chi connectivity index (χ2n) is 3.74. The topological polar surface area (TPSA) is 32.6 Å². The van der Waals surface area contributed by atoms with Gasteiger partial charge in [-0.1, -0.05) is 12.1 Å². The number of hydrogen-bond donors (Lipinski definition) is 1. The van der Waals surface area contributed by atoms with E-state index in [9.17, 15) is 27.1 Å². The molecular weight excluding hydrogens is 281 g/mol. The summed E-state index contributed by atoms with van der Waals surface area (Å²) in [5, 5.41) is 9.39. The summed E-state index contributed by atoms with van der Waals surface area (Å²) >= 11 is 0. The fourth-order valence-corrected chi connectivity index (χ4v) is 1.44. The Morgan fingerprint density at radius 1 is 0.800 bits per heavy atom. The summed E-state index contributed by atoms with van der Waals surface area (Å²) < 4.78 is 65.3. The third-order valence-electron chi connectivity index (χ3n) is 2.46. The van der Waals surface area contributed by atoms with Crippen LogP contribution in [0.15, 0.2) is 29.3 Å². The lowest BCUT2D eigenvalue weighted by molar-refractivity contribution is 0.381. The third-order valence-corrected chi connectivity index (χ3v) is 2.46. The average Bonchev–Trinajstić information content (AvgIpc) is 2.45. The Labute approximate surface area is 109 Å². The first kappa shape index (κ1) is 14.0. The molecule has 0 fully saturated rings. The van der Waals surface area contributed by atoms with E-state index in [1.807, 2.05) is 0 Å². The van der Waals surface area contributed by atoms with E-state index in [-0.39, 0.29) is 11.3 Å². The van der Waals surface area contributed by atoms with Crippen molar-refractivity contribution in [3.8, 4) is 5.75 Å². The first-order valence-corrected chi connectivity index (χ1v) is 5.27. The molecule has 0 bridgehead atoms. The van der Waals surface area contributed by atoms with Crippen molar-refractivity contribution in [2.75, 3.05) is 0 Å². The summed E-state index contributed by atoms with van der Waals surface area (Å²) in [6.45, 7) is 0. The highest BCUT2D eigenvalue weighted by atomic mass is 19.2.